The summed E-state index contributed by atoms with van der Waals surface area (Å²) in [7, 11) is 1.36. The van der Waals surface area contributed by atoms with E-state index in [2.05, 4.69) is 25.2 Å². The molecular weight excluding hydrogens is 220 g/mol. The lowest BCUT2D eigenvalue weighted by Crippen LogP contribution is -2.12. The number of H-pyrrole nitrogens is 2. The molecule has 0 spiro atoms. The molecule has 6 heteroatoms. The number of aromatic amines is 2. The molecule has 0 saturated carbocycles. The first kappa shape index (κ1) is 11.4. The van der Waals surface area contributed by atoms with Gasteiger partial charge in [0.05, 0.1) is 13.3 Å². The summed E-state index contributed by atoms with van der Waals surface area (Å²) >= 11 is 0. The van der Waals surface area contributed by atoms with Crippen LogP contribution < -0.4 is 5.32 Å². The number of hydrogen-bond donors (Lipinski definition) is 3. The van der Waals surface area contributed by atoms with Crippen LogP contribution in [0.3, 0.4) is 0 Å². The van der Waals surface area contributed by atoms with Crippen molar-refractivity contribution in [3.05, 3.63) is 41.5 Å². The van der Waals surface area contributed by atoms with Gasteiger partial charge in [-0.05, 0) is 12.1 Å². The predicted octanol–water partition coefficient (Wildman–Crippen LogP) is 0.814. The first-order chi connectivity index (χ1) is 8.29. The first-order valence-corrected chi connectivity index (χ1v) is 5.24. The maximum atomic E-state index is 11.2. The molecular formula is C11H14N4O2. The van der Waals surface area contributed by atoms with Crippen LogP contribution in [-0.2, 0) is 17.8 Å². The number of nitrogens with zero attached hydrogens (tertiary/aromatic N) is 1. The Hall–Kier alpha value is -2.08. The number of ether oxygens (including phenoxy) is 1. The van der Waals surface area contributed by atoms with E-state index in [1.54, 1.807) is 12.3 Å². The van der Waals surface area contributed by atoms with Crippen LogP contribution in [0.2, 0.25) is 0 Å². The molecule has 2 rings (SSSR count). The Balaban J connectivity index is 1.83. The van der Waals surface area contributed by atoms with Gasteiger partial charge in [-0.25, -0.2) is 4.79 Å². The van der Waals surface area contributed by atoms with Gasteiger partial charge >= 0.3 is 5.97 Å². The summed E-state index contributed by atoms with van der Waals surface area (Å²) < 4.78 is 4.61. The number of carbonyl (C=O) groups excluding carboxylic acids is 1. The Kier molecular flexibility index (Phi) is 3.56. The third kappa shape index (κ3) is 2.94. The summed E-state index contributed by atoms with van der Waals surface area (Å²) in [6, 6.07) is 3.56. The van der Waals surface area contributed by atoms with Gasteiger partial charge in [0.15, 0.2) is 0 Å². The minimum atomic E-state index is -0.355. The summed E-state index contributed by atoms with van der Waals surface area (Å²) in [6.45, 7) is 1.38. The normalized spacial score (nSPS) is 10.4. The molecule has 0 aliphatic carbocycles. The van der Waals surface area contributed by atoms with Gasteiger partial charge in [-0.2, -0.15) is 5.10 Å². The van der Waals surface area contributed by atoms with Gasteiger partial charge in [0.1, 0.15) is 5.69 Å². The molecule has 0 aliphatic heterocycles. The number of esters is 1. The zero-order chi connectivity index (χ0) is 12.1. The number of nitrogens with one attached hydrogen (secondary N) is 3. The Labute approximate surface area is 98.4 Å². The smallest absolute Gasteiger partial charge is 0.354 e. The van der Waals surface area contributed by atoms with E-state index in [9.17, 15) is 4.79 Å². The molecule has 0 saturated heterocycles. The van der Waals surface area contributed by atoms with Crippen molar-refractivity contribution in [3.63, 3.8) is 0 Å². The highest BCUT2D eigenvalue weighted by molar-refractivity contribution is 5.87. The molecule has 90 valence electrons. The second kappa shape index (κ2) is 5.31. The molecule has 6 nitrogen and oxygen atoms in total. The van der Waals surface area contributed by atoms with Crippen LogP contribution in [0, 0.1) is 0 Å². The van der Waals surface area contributed by atoms with Gasteiger partial charge in [-0.3, -0.25) is 5.10 Å². The second-order valence-electron chi connectivity index (χ2n) is 3.60. The predicted molar refractivity (Wildman–Crippen MR) is 61.3 cm³/mol. The Morgan fingerprint density at radius 1 is 1.47 bits per heavy atom. The second-order valence-corrected chi connectivity index (χ2v) is 3.60. The van der Waals surface area contributed by atoms with E-state index in [4.69, 9.17) is 0 Å². The summed E-state index contributed by atoms with van der Waals surface area (Å²) in [5.41, 5.74) is 2.49. The molecule has 17 heavy (non-hydrogen) atoms. The molecule has 0 bridgehead atoms. The molecule has 0 radical (unpaired) electrons. The Bertz CT molecular complexity index is 475. The van der Waals surface area contributed by atoms with E-state index in [0.717, 1.165) is 17.8 Å². The summed E-state index contributed by atoms with van der Waals surface area (Å²) in [5.74, 6) is -0.355. The van der Waals surface area contributed by atoms with Crippen LogP contribution in [0.25, 0.3) is 0 Å². The lowest BCUT2D eigenvalue weighted by atomic mass is 10.3. The zero-order valence-electron chi connectivity index (χ0n) is 9.49. The number of methoxy groups -OCH3 is 1. The highest BCUT2D eigenvalue weighted by atomic mass is 16.5. The Morgan fingerprint density at radius 3 is 3.06 bits per heavy atom. The monoisotopic (exact) mass is 234 g/mol. The molecule has 2 aromatic heterocycles. The average Bonchev–Trinajstić information content (AvgIpc) is 2.99. The molecule has 0 atom stereocenters. The topological polar surface area (TPSA) is 82.8 Å². The molecule has 0 fully saturated rings. The average molecular weight is 234 g/mol. The molecule has 0 aliphatic rings. The summed E-state index contributed by atoms with van der Waals surface area (Å²) in [4.78, 5) is 14.2. The van der Waals surface area contributed by atoms with Crippen molar-refractivity contribution in [2.75, 3.05) is 7.11 Å². The minimum Gasteiger partial charge on any atom is -0.464 e. The molecule has 0 aromatic carbocycles. The molecule has 2 aromatic rings. The highest BCUT2D eigenvalue weighted by Crippen LogP contribution is 2.03. The standard InChI is InChI=1S/C11H14N4O2/c1-17-11(16)10-3-2-9(15-10)7-12-4-8-5-13-14-6-8/h2-3,5-6,12,15H,4,7H2,1H3,(H,13,14). The number of hydrogen-bond acceptors (Lipinski definition) is 4. The van der Waals surface area contributed by atoms with Gasteiger partial charge in [-0.15, -0.1) is 0 Å². The molecule has 0 unspecified atom stereocenters. The minimum absolute atomic E-state index is 0.355. The lowest BCUT2D eigenvalue weighted by molar-refractivity contribution is 0.0594. The van der Waals surface area contributed by atoms with Crippen LogP contribution >= 0.6 is 0 Å². The fourth-order valence-corrected chi connectivity index (χ4v) is 1.49. The third-order valence-electron chi connectivity index (χ3n) is 2.35. The van der Waals surface area contributed by atoms with Crippen molar-refractivity contribution >= 4 is 5.97 Å². The van der Waals surface area contributed by atoms with Crippen molar-refractivity contribution in [2.24, 2.45) is 0 Å². The molecule has 3 N–H and O–H groups in total. The van der Waals surface area contributed by atoms with Gasteiger partial charge in [-0.1, -0.05) is 0 Å². The lowest BCUT2D eigenvalue weighted by Gasteiger charge is -2.00. The summed E-state index contributed by atoms with van der Waals surface area (Å²) in [5, 5.41) is 9.83. The SMILES string of the molecule is COC(=O)c1ccc(CNCc2cn[nH]c2)[nH]1. The highest BCUT2D eigenvalue weighted by Gasteiger charge is 2.07. The van der Waals surface area contributed by atoms with Crippen LogP contribution in [-0.4, -0.2) is 28.3 Å². The molecule has 0 amide bonds. The van der Waals surface area contributed by atoms with Crippen molar-refractivity contribution < 1.29 is 9.53 Å². The van der Waals surface area contributed by atoms with Crippen molar-refractivity contribution in [1.82, 2.24) is 20.5 Å². The van der Waals surface area contributed by atoms with E-state index < -0.39 is 0 Å². The quantitative estimate of drug-likeness (QED) is 0.669. The number of carbonyl (C=O) groups is 1. The Morgan fingerprint density at radius 2 is 2.35 bits per heavy atom. The van der Waals surface area contributed by atoms with Crippen molar-refractivity contribution in [2.45, 2.75) is 13.1 Å². The van der Waals surface area contributed by atoms with Crippen molar-refractivity contribution in [1.29, 1.82) is 0 Å². The van der Waals surface area contributed by atoms with Crippen LogP contribution in [0.5, 0.6) is 0 Å². The number of aromatic nitrogens is 3. The fraction of sp³-hybridized carbons (Fsp3) is 0.273. The zero-order valence-corrected chi connectivity index (χ0v) is 9.49. The van der Waals surface area contributed by atoms with Gasteiger partial charge in [0.25, 0.3) is 0 Å². The van der Waals surface area contributed by atoms with E-state index >= 15 is 0 Å². The molecule has 2 heterocycles. The maximum absolute atomic E-state index is 11.2. The van der Waals surface area contributed by atoms with Crippen LogP contribution in [0.4, 0.5) is 0 Å². The van der Waals surface area contributed by atoms with Crippen LogP contribution in [0.1, 0.15) is 21.7 Å². The van der Waals surface area contributed by atoms with Gasteiger partial charge in [0, 0.05) is 30.5 Å². The van der Waals surface area contributed by atoms with Gasteiger partial charge < -0.3 is 15.0 Å². The van der Waals surface area contributed by atoms with Crippen molar-refractivity contribution in [3.8, 4) is 0 Å². The first-order valence-electron chi connectivity index (χ1n) is 5.24. The van der Waals surface area contributed by atoms with E-state index in [1.807, 2.05) is 12.3 Å². The largest absolute Gasteiger partial charge is 0.464 e. The third-order valence-corrected chi connectivity index (χ3v) is 2.35. The maximum Gasteiger partial charge on any atom is 0.354 e. The number of rotatable bonds is 5. The van der Waals surface area contributed by atoms with E-state index in [1.165, 1.54) is 7.11 Å². The fourth-order valence-electron chi connectivity index (χ4n) is 1.49. The van der Waals surface area contributed by atoms with Gasteiger partial charge in [0.2, 0.25) is 0 Å². The summed E-state index contributed by atoms with van der Waals surface area (Å²) in [6.07, 6.45) is 3.60. The van der Waals surface area contributed by atoms with E-state index in [0.29, 0.717) is 12.2 Å². The van der Waals surface area contributed by atoms with E-state index in [-0.39, 0.29) is 5.97 Å². The van der Waals surface area contributed by atoms with Crippen LogP contribution in [0.15, 0.2) is 24.5 Å².